The van der Waals surface area contributed by atoms with Crippen LogP contribution in [0.15, 0.2) is 22.4 Å². The van der Waals surface area contributed by atoms with E-state index >= 15 is 0 Å². The Morgan fingerprint density at radius 1 is 1.62 bits per heavy atom. The molecule has 13 heavy (non-hydrogen) atoms. The molecule has 0 bridgehead atoms. The van der Waals surface area contributed by atoms with Gasteiger partial charge in [-0.2, -0.15) is 5.10 Å². The van der Waals surface area contributed by atoms with Gasteiger partial charge in [0.1, 0.15) is 0 Å². The second-order valence-corrected chi connectivity index (χ2v) is 4.35. The minimum atomic E-state index is 0.518. The summed E-state index contributed by atoms with van der Waals surface area (Å²) >= 11 is 4.90. The van der Waals surface area contributed by atoms with Crippen LogP contribution in [0.5, 0.6) is 0 Å². The van der Waals surface area contributed by atoms with Crippen molar-refractivity contribution in [1.82, 2.24) is 14.8 Å². The summed E-state index contributed by atoms with van der Waals surface area (Å²) in [7, 11) is 0. The van der Waals surface area contributed by atoms with Crippen LogP contribution in [-0.4, -0.2) is 14.8 Å². The van der Waals surface area contributed by atoms with Gasteiger partial charge in [0.2, 0.25) is 0 Å². The fourth-order valence-corrected chi connectivity index (χ4v) is 1.87. The van der Waals surface area contributed by atoms with E-state index in [0.717, 1.165) is 15.9 Å². The summed E-state index contributed by atoms with van der Waals surface area (Å²) in [6.45, 7) is 0.723. The number of nitrogens with zero attached hydrogens (tertiary/aromatic N) is 3. The van der Waals surface area contributed by atoms with Gasteiger partial charge in [0.05, 0.1) is 16.5 Å². The van der Waals surface area contributed by atoms with E-state index in [1.165, 1.54) is 0 Å². The Morgan fingerprint density at radius 3 is 3.00 bits per heavy atom. The lowest BCUT2D eigenvalue weighted by Crippen LogP contribution is -1.99. The fraction of sp³-hybridized carbons (Fsp3) is 0.143. The highest BCUT2D eigenvalue weighted by Gasteiger charge is 2.03. The molecule has 68 valence electrons. The van der Waals surface area contributed by atoms with Gasteiger partial charge in [-0.1, -0.05) is 0 Å². The lowest BCUT2D eigenvalue weighted by Gasteiger charge is -1.95. The van der Waals surface area contributed by atoms with Crippen molar-refractivity contribution < 1.29 is 0 Å². The maximum absolute atomic E-state index is 5.58. The first-order chi connectivity index (χ1) is 6.25. The first-order valence-corrected chi connectivity index (χ1v) is 5.29. The van der Waals surface area contributed by atoms with Crippen LogP contribution in [0.25, 0.3) is 0 Å². The van der Waals surface area contributed by atoms with Gasteiger partial charge in [0.15, 0.2) is 5.82 Å². The molecule has 2 aromatic rings. The van der Waals surface area contributed by atoms with Crippen LogP contribution in [0.3, 0.4) is 0 Å². The topological polar surface area (TPSA) is 56.7 Å². The molecule has 2 aromatic heterocycles. The molecule has 0 aliphatic heterocycles. The van der Waals surface area contributed by atoms with Crippen molar-refractivity contribution in [2.45, 2.75) is 6.54 Å². The molecule has 0 saturated heterocycles. The summed E-state index contributed by atoms with van der Waals surface area (Å²) < 4.78 is 2.62. The fourth-order valence-electron chi connectivity index (χ4n) is 0.973. The van der Waals surface area contributed by atoms with E-state index < -0.39 is 0 Å². The zero-order valence-corrected chi connectivity index (χ0v) is 9.05. The number of rotatable bonds is 2. The molecule has 2 heterocycles. The number of nitrogen functional groups attached to an aromatic ring is 1. The zero-order chi connectivity index (χ0) is 9.26. The minimum Gasteiger partial charge on any atom is -0.381 e. The van der Waals surface area contributed by atoms with E-state index in [1.54, 1.807) is 21.5 Å². The van der Waals surface area contributed by atoms with Crippen molar-refractivity contribution in [3.63, 3.8) is 0 Å². The second-order valence-electron chi connectivity index (χ2n) is 2.53. The Morgan fingerprint density at radius 2 is 2.46 bits per heavy atom. The van der Waals surface area contributed by atoms with Gasteiger partial charge in [-0.05, 0) is 15.9 Å². The second kappa shape index (κ2) is 3.47. The Balaban J connectivity index is 2.19. The molecule has 6 heteroatoms. The Labute approximate surface area is 87.5 Å². The molecule has 4 nitrogen and oxygen atoms in total. The number of nitrogens with two attached hydrogens (primary N) is 1. The maximum atomic E-state index is 5.58. The van der Waals surface area contributed by atoms with Crippen LogP contribution in [0.2, 0.25) is 0 Å². The number of halogens is 1. The number of anilines is 1. The first-order valence-electron chi connectivity index (χ1n) is 3.61. The quantitative estimate of drug-likeness (QED) is 0.893. The lowest BCUT2D eigenvalue weighted by molar-refractivity contribution is 0.697. The summed E-state index contributed by atoms with van der Waals surface area (Å²) in [6, 6.07) is 0. The predicted octanol–water partition coefficient (Wildman–Crippen LogP) is 1.73. The van der Waals surface area contributed by atoms with E-state index in [4.69, 9.17) is 5.73 Å². The van der Waals surface area contributed by atoms with E-state index in [-0.39, 0.29) is 0 Å². The summed E-state index contributed by atoms with van der Waals surface area (Å²) in [6.07, 6.45) is 3.69. The van der Waals surface area contributed by atoms with E-state index in [2.05, 4.69) is 26.0 Å². The SMILES string of the molecule is Nc1nn(Cc2cncs2)cc1Br. The minimum absolute atomic E-state index is 0.518. The third kappa shape index (κ3) is 1.89. The lowest BCUT2D eigenvalue weighted by atomic mass is 10.5. The average molecular weight is 259 g/mol. The van der Waals surface area contributed by atoms with Crippen LogP contribution in [0.1, 0.15) is 4.88 Å². The molecule has 0 amide bonds. The summed E-state index contributed by atoms with van der Waals surface area (Å²) in [5, 5.41) is 4.11. The monoisotopic (exact) mass is 258 g/mol. The molecule has 0 atom stereocenters. The summed E-state index contributed by atoms with van der Waals surface area (Å²) in [4.78, 5) is 5.14. The number of aromatic nitrogens is 3. The normalized spacial score (nSPS) is 10.5. The Bertz CT molecular complexity index is 375. The number of thiazole rings is 1. The van der Waals surface area contributed by atoms with Crippen molar-refractivity contribution in [2.75, 3.05) is 5.73 Å². The van der Waals surface area contributed by atoms with Crippen molar-refractivity contribution in [3.8, 4) is 0 Å². The van der Waals surface area contributed by atoms with Crippen molar-refractivity contribution in [1.29, 1.82) is 0 Å². The molecule has 0 spiro atoms. The van der Waals surface area contributed by atoms with E-state index in [9.17, 15) is 0 Å². The van der Waals surface area contributed by atoms with Crippen LogP contribution in [0, 0.1) is 0 Å². The molecular formula is C7H7BrN4S. The maximum Gasteiger partial charge on any atom is 0.159 e. The predicted molar refractivity (Wildman–Crippen MR) is 55.6 cm³/mol. The van der Waals surface area contributed by atoms with Gasteiger partial charge in [-0.3, -0.25) is 9.67 Å². The molecular weight excluding hydrogens is 252 g/mol. The molecule has 0 aliphatic rings. The van der Waals surface area contributed by atoms with E-state index in [0.29, 0.717) is 5.82 Å². The smallest absolute Gasteiger partial charge is 0.159 e. The molecule has 0 fully saturated rings. The number of hydrogen-bond acceptors (Lipinski definition) is 4. The molecule has 0 saturated carbocycles. The molecule has 2 rings (SSSR count). The Hall–Kier alpha value is -0.880. The van der Waals surface area contributed by atoms with Crippen LogP contribution >= 0.6 is 27.3 Å². The van der Waals surface area contributed by atoms with Gasteiger partial charge < -0.3 is 5.73 Å². The summed E-state index contributed by atoms with van der Waals surface area (Å²) in [5.41, 5.74) is 7.38. The van der Waals surface area contributed by atoms with Crippen molar-refractivity contribution in [2.24, 2.45) is 0 Å². The van der Waals surface area contributed by atoms with Gasteiger partial charge in [-0.15, -0.1) is 11.3 Å². The molecule has 0 aromatic carbocycles. The third-order valence-electron chi connectivity index (χ3n) is 1.54. The standard InChI is InChI=1S/C7H7BrN4S/c8-6-3-12(11-7(6)9)2-5-1-10-4-13-5/h1,3-4H,2H2,(H2,9,11). The van der Waals surface area contributed by atoms with Gasteiger partial charge >= 0.3 is 0 Å². The van der Waals surface area contributed by atoms with Gasteiger partial charge in [0.25, 0.3) is 0 Å². The van der Waals surface area contributed by atoms with Crippen molar-refractivity contribution in [3.05, 3.63) is 27.3 Å². The molecule has 2 N–H and O–H groups in total. The summed E-state index contributed by atoms with van der Waals surface area (Å²) in [5.74, 6) is 0.518. The van der Waals surface area contributed by atoms with Crippen LogP contribution in [-0.2, 0) is 6.54 Å². The largest absolute Gasteiger partial charge is 0.381 e. The van der Waals surface area contributed by atoms with E-state index in [1.807, 2.05) is 12.4 Å². The highest BCUT2D eigenvalue weighted by Crippen LogP contribution is 2.17. The van der Waals surface area contributed by atoms with Crippen molar-refractivity contribution >= 4 is 33.1 Å². The van der Waals surface area contributed by atoms with Gasteiger partial charge in [-0.25, -0.2) is 0 Å². The molecule has 0 unspecified atom stereocenters. The highest BCUT2D eigenvalue weighted by molar-refractivity contribution is 9.10. The average Bonchev–Trinajstić information content (AvgIpc) is 2.64. The Kier molecular flexibility index (Phi) is 2.32. The number of hydrogen-bond donors (Lipinski definition) is 1. The van der Waals surface area contributed by atoms with Crippen LogP contribution < -0.4 is 5.73 Å². The highest BCUT2D eigenvalue weighted by atomic mass is 79.9. The third-order valence-corrected chi connectivity index (χ3v) is 2.92. The first kappa shape index (κ1) is 8.71. The van der Waals surface area contributed by atoms with Gasteiger partial charge in [0, 0.05) is 17.3 Å². The zero-order valence-electron chi connectivity index (χ0n) is 6.64. The molecule has 0 radical (unpaired) electrons. The molecule has 0 aliphatic carbocycles. The van der Waals surface area contributed by atoms with Crippen LogP contribution in [0.4, 0.5) is 5.82 Å².